The maximum absolute atomic E-state index is 6.04. The van der Waals surface area contributed by atoms with Gasteiger partial charge in [-0.2, -0.15) is 0 Å². The Labute approximate surface area is 150 Å². The Balaban J connectivity index is 0.00000154. The van der Waals surface area contributed by atoms with Gasteiger partial charge in [-0.3, -0.25) is 0 Å². The van der Waals surface area contributed by atoms with E-state index in [-0.39, 0.29) is 0 Å². The molecule has 0 fully saturated rings. The van der Waals surface area contributed by atoms with E-state index >= 15 is 0 Å². The van der Waals surface area contributed by atoms with E-state index in [1.54, 1.807) is 0 Å². The number of hydrogen-bond acceptors (Lipinski definition) is 0. The molecule has 0 bridgehead atoms. The molecule has 0 aliphatic heterocycles. The van der Waals surface area contributed by atoms with Gasteiger partial charge in [0.1, 0.15) is 0 Å². The molecular weight excluding hydrogens is 538 g/mol. The molecule has 0 nitrogen and oxygen atoms in total. The molecule has 1 aromatic carbocycles. The van der Waals surface area contributed by atoms with Gasteiger partial charge in [-0.15, -0.1) is 0 Å². The quantitative estimate of drug-likeness (QED) is 0.292. The van der Waals surface area contributed by atoms with Crippen molar-refractivity contribution >= 4 is 54.6 Å². The first-order valence-electron chi connectivity index (χ1n) is 6.15. The average Bonchev–Trinajstić information content (AvgIpc) is 2.36. The van der Waals surface area contributed by atoms with Crippen molar-refractivity contribution in [1.29, 1.82) is 0 Å². The standard InChI is InChI=1S/C12H12BrCl3.C2H6.W/c1-7(2)3-9(13)4-8-5-10(14)12(16)11(15)6-8;1-2;/h5-7,9H,3H2,1-2H3;1-2H3;. The zero-order valence-electron chi connectivity index (χ0n) is 11.4. The van der Waals surface area contributed by atoms with Gasteiger partial charge in [-0.25, -0.2) is 0 Å². The van der Waals surface area contributed by atoms with Gasteiger partial charge in [0, 0.05) is 0 Å². The summed E-state index contributed by atoms with van der Waals surface area (Å²) >= 11 is 23.1. The van der Waals surface area contributed by atoms with Crippen molar-refractivity contribution in [3.63, 3.8) is 0 Å². The van der Waals surface area contributed by atoms with Crippen molar-refractivity contribution in [2.45, 2.75) is 38.9 Å². The van der Waals surface area contributed by atoms with Gasteiger partial charge in [0.2, 0.25) is 0 Å². The minimum absolute atomic E-state index is 0.366. The molecule has 0 aliphatic rings. The van der Waals surface area contributed by atoms with Gasteiger partial charge in [0.25, 0.3) is 0 Å². The molecule has 1 atom stereocenters. The van der Waals surface area contributed by atoms with Crippen LogP contribution in [0.5, 0.6) is 0 Å². The molecule has 0 amide bonds. The van der Waals surface area contributed by atoms with Crippen LogP contribution in [0.4, 0.5) is 0 Å². The van der Waals surface area contributed by atoms with Crippen molar-refractivity contribution in [3.05, 3.63) is 32.8 Å². The number of rotatable bonds is 4. The van der Waals surface area contributed by atoms with E-state index in [4.69, 9.17) is 34.8 Å². The third-order valence-electron chi connectivity index (χ3n) is 2.23. The van der Waals surface area contributed by atoms with Crippen LogP contribution in [0.2, 0.25) is 15.1 Å². The fourth-order valence-corrected chi connectivity index (χ4v) is 3.78. The number of benzene rings is 1. The monoisotopic (exact) mass is 554 g/mol. The number of hydrogen-bond donors (Lipinski definition) is 0. The normalized spacial score (nSPS) is 11.8. The molecule has 1 rings (SSSR count). The molecule has 108 valence electrons. The summed E-state index contributed by atoms with van der Waals surface area (Å²) in [6.07, 6.45) is 1.09. The zero-order valence-corrected chi connectivity index (χ0v) is 18.2. The molecule has 0 saturated heterocycles. The van der Waals surface area contributed by atoms with E-state index in [0.717, 1.165) is 12.0 Å². The molecule has 19 heavy (non-hydrogen) atoms. The predicted molar refractivity (Wildman–Crippen MR) is 89.1 cm³/mol. The predicted octanol–water partition coefficient (Wildman–Crippen LogP) is 6.55. The van der Waals surface area contributed by atoms with Gasteiger partial charge in [0.15, 0.2) is 0 Å². The van der Waals surface area contributed by atoms with Crippen molar-refractivity contribution in [3.8, 4) is 0 Å². The third-order valence-corrected chi connectivity index (χ3v) is 7.33. The Kier molecular flexibility index (Phi) is 10.5. The first-order valence-corrected chi connectivity index (χ1v) is 9.67. The molecule has 0 aliphatic carbocycles. The molecule has 0 aromatic heterocycles. The van der Waals surface area contributed by atoms with Crippen LogP contribution in [-0.4, -0.2) is 8.73 Å². The second kappa shape index (κ2) is 9.96. The van der Waals surface area contributed by atoms with Crippen LogP contribution in [-0.2, 0) is 19.4 Å². The Morgan fingerprint density at radius 1 is 1.16 bits per heavy atom. The van der Waals surface area contributed by atoms with Crippen molar-refractivity contribution < 1.29 is 19.4 Å². The molecule has 1 unspecified atom stereocenters. The summed E-state index contributed by atoms with van der Waals surface area (Å²) in [4.78, 5) is 0.366. The van der Waals surface area contributed by atoms with E-state index in [1.807, 2.05) is 26.0 Å². The summed E-state index contributed by atoms with van der Waals surface area (Å²) in [5.74, 6) is 0.645. The Hall–Kier alpha value is 1.13. The Morgan fingerprint density at radius 3 is 1.95 bits per heavy atom. The summed E-state index contributed by atoms with van der Waals surface area (Å²) in [5, 5.41) is 1.45. The van der Waals surface area contributed by atoms with Gasteiger partial charge < -0.3 is 0 Å². The fraction of sp³-hybridized carbons (Fsp3) is 0.500. The SMILES string of the molecule is CC.CC(C)CC(Br)[C](=[W])c1cc(Cl)c(Cl)c(Cl)c1. The van der Waals surface area contributed by atoms with Crippen LogP contribution in [0.3, 0.4) is 0 Å². The summed E-state index contributed by atoms with van der Waals surface area (Å²) in [7, 11) is 0. The van der Waals surface area contributed by atoms with Crippen LogP contribution in [0.15, 0.2) is 12.1 Å². The molecule has 0 spiro atoms. The van der Waals surface area contributed by atoms with Gasteiger partial charge >= 0.3 is 138 Å². The van der Waals surface area contributed by atoms with Crippen molar-refractivity contribution in [2.24, 2.45) is 5.92 Å². The molecule has 0 saturated carbocycles. The fourth-order valence-electron chi connectivity index (χ4n) is 1.40. The van der Waals surface area contributed by atoms with Crippen LogP contribution >= 0.6 is 50.7 Å². The summed E-state index contributed by atoms with van der Waals surface area (Å²) < 4.78 is 1.30. The zero-order chi connectivity index (χ0) is 15.2. The van der Waals surface area contributed by atoms with Gasteiger partial charge in [-0.1, -0.05) is 13.8 Å². The molecule has 0 radical (unpaired) electrons. The maximum atomic E-state index is 6.04. The molecule has 5 heteroatoms. The Morgan fingerprint density at radius 2 is 1.58 bits per heavy atom. The minimum atomic E-state index is 0.366. The summed E-state index contributed by atoms with van der Waals surface area (Å²) in [6.45, 7) is 8.41. The van der Waals surface area contributed by atoms with Gasteiger partial charge in [-0.05, 0) is 0 Å². The van der Waals surface area contributed by atoms with E-state index in [1.165, 1.54) is 23.3 Å². The van der Waals surface area contributed by atoms with Crippen LogP contribution < -0.4 is 0 Å². The summed E-state index contributed by atoms with van der Waals surface area (Å²) in [5.41, 5.74) is 1.07. The third kappa shape index (κ3) is 6.61. The molecular formula is C14H18BrCl3W. The second-order valence-electron chi connectivity index (χ2n) is 4.22. The van der Waals surface area contributed by atoms with Crippen LogP contribution in [0.1, 0.15) is 39.7 Å². The first kappa shape index (κ1) is 20.1. The topological polar surface area (TPSA) is 0 Å². The second-order valence-corrected chi connectivity index (χ2v) is 8.09. The molecule has 1 aromatic rings. The van der Waals surface area contributed by atoms with Gasteiger partial charge in [0.05, 0.1) is 0 Å². The Bertz CT molecular complexity index is 410. The average molecular weight is 556 g/mol. The summed E-state index contributed by atoms with van der Waals surface area (Å²) in [6, 6.07) is 3.76. The first-order chi connectivity index (χ1) is 8.82. The number of halogens is 4. The van der Waals surface area contributed by atoms with Crippen LogP contribution in [0.25, 0.3) is 0 Å². The van der Waals surface area contributed by atoms with Crippen LogP contribution in [0, 0.1) is 5.92 Å². The van der Waals surface area contributed by atoms with E-state index in [9.17, 15) is 0 Å². The van der Waals surface area contributed by atoms with Crippen molar-refractivity contribution in [2.75, 3.05) is 0 Å². The molecule has 0 N–H and O–H groups in total. The van der Waals surface area contributed by atoms with E-state index in [2.05, 4.69) is 29.8 Å². The van der Waals surface area contributed by atoms with E-state index < -0.39 is 0 Å². The molecule has 0 heterocycles. The van der Waals surface area contributed by atoms with Crippen molar-refractivity contribution in [1.82, 2.24) is 0 Å². The van der Waals surface area contributed by atoms with E-state index in [0.29, 0.717) is 25.8 Å². The number of alkyl halides is 1.